The van der Waals surface area contributed by atoms with Gasteiger partial charge >= 0.3 is 0 Å². The Morgan fingerprint density at radius 1 is 1.29 bits per heavy atom. The Morgan fingerprint density at radius 3 is 2.47 bits per heavy atom. The fourth-order valence-corrected chi connectivity index (χ4v) is 2.56. The van der Waals surface area contributed by atoms with E-state index in [0.29, 0.717) is 11.5 Å². The zero-order valence-electron chi connectivity index (χ0n) is 12.7. The smallest absolute Gasteiger partial charge is 0.0223 e. The minimum Gasteiger partial charge on any atom is -0.311 e. The van der Waals surface area contributed by atoms with Gasteiger partial charge in [-0.2, -0.15) is 0 Å². The van der Waals surface area contributed by atoms with Crippen LogP contribution in [0.15, 0.2) is 0 Å². The first-order chi connectivity index (χ1) is 7.78. The highest BCUT2D eigenvalue weighted by Crippen LogP contribution is 2.22. The van der Waals surface area contributed by atoms with Gasteiger partial charge in [-0.25, -0.2) is 0 Å². The van der Waals surface area contributed by atoms with E-state index in [9.17, 15) is 0 Å². The summed E-state index contributed by atoms with van der Waals surface area (Å²) in [7, 11) is 0. The molecule has 17 heavy (non-hydrogen) atoms. The van der Waals surface area contributed by atoms with Crippen molar-refractivity contribution >= 4 is 0 Å². The van der Waals surface area contributed by atoms with Gasteiger partial charge in [-0.15, -0.1) is 0 Å². The van der Waals surface area contributed by atoms with E-state index in [1.165, 1.54) is 32.5 Å². The SMILES string of the molecule is CC(C)CC1CNC(C)CN1CCC(C)(C)C. The average Bonchev–Trinajstić information content (AvgIpc) is 2.16. The van der Waals surface area contributed by atoms with E-state index >= 15 is 0 Å². The molecule has 2 unspecified atom stereocenters. The topological polar surface area (TPSA) is 15.3 Å². The van der Waals surface area contributed by atoms with Gasteiger partial charge < -0.3 is 5.32 Å². The van der Waals surface area contributed by atoms with E-state index < -0.39 is 0 Å². The van der Waals surface area contributed by atoms with E-state index in [4.69, 9.17) is 0 Å². The van der Waals surface area contributed by atoms with E-state index in [1.807, 2.05) is 0 Å². The van der Waals surface area contributed by atoms with Gasteiger partial charge in [-0.3, -0.25) is 4.90 Å². The van der Waals surface area contributed by atoms with Crippen LogP contribution >= 0.6 is 0 Å². The molecule has 1 aliphatic rings. The molecule has 1 heterocycles. The minimum atomic E-state index is 0.455. The lowest BCUT2D eigenvalue weighted by molar-refractivity contribution is 0.105. The molecule has 2 atom stereocenters. The number of hydrogen-bond acceptors (Lipinski definition) is 2. The Labute approximate surface area is 108 Å². The third-order valence-electron chi connectivity index (χ3n) is 3.62. The molecule has 0 amide bonds. The third-order valence-corrected chi connectivity index (χ3v) is 3.62. The summed E-state index contributed by atoms with van der Waals surface area (Å²) in [6, 6.07) is 1.40. The minimum absolute atomic E-state index is 0.455. The van der Waals surface area contributed by atoms with Crippen LogP contribution in [0.1, 0.15) is 54.4 Å². The van der Waals surface area contributed by atoms with Gasteiger partial charge in [-0.05, 0) is 37.6 Å². The standard InChI is InChI=1S/C15H32N2/c1-12(2)9-14-10-16-13(3)11-17(14)8-7-15(4,5)6/h12-14,16H,7-11H2,1-6H3. The molecule has 0 spiro atoms. The predicted molar refractivity (Wildman–Crippen MR) is 76.4 cm³/mol. The van der Waals surface area contributed by atoms with Gasteiger partial charge in [-0.1, -0.05) is 34.6 Å². The molecule has 0 aromatic heterocycles. The predicted octanol–water partition coefficient (Wildman–Crippen LogP) is 3.13. The van der Waals surface area contributed by atoms with Crippen LogP contribution in [0.5, 0.6) is 0 Å². The van der Waals surface area contributed by atoms with Crippen LogP contribution in [-0.2, 0) is 0 Å². The summed E-state index contributed by atoms with van der Waals surface area (Å²) < 4.78 is 0. The maximum absolute atomic E-state index is 3.62. The highest BCUT2D eigenvalue weighted by atomic mass is 15.2. The fourth-order valence-electron chi connectivity index (χ4n) is 2.56. The first-order valence-corrected chi connectivity index (χ1v) is 7.25. The Balaban J connectivity index is 2.49. The summed E-state index contributed by atoms with van der Waals surface area (Å²) >= 11 is 0. The van der Waals surface area contributed by atoms with Crippen molar-refractivity contribution in [3.8, 4) is 0 Å². The van der Waals surface area contributed by atoms with Crippen LogP contribution in [0.25, 0.3) is 0 Å². The quantitative estimate of drug-likeness (QED) is 0.812. The van der Waals surface area contributed by atoms with Crippen molar-refractivity contribution in [3.05, 3.63) is 0 Å². The van der Waals surface area contributed by atoms with Crippen LogP contribution in [0.4, 0.5) is 0 Å². The number of nitrogens with zero attached hydrogens (tertiary/aromatic N) is 1. The van der Waals surface area contributed by atoms with Crippen LogP contribution in [0, 0.1) is 11.3 Å². The largest absolute Gasteiger partial charge is 0.311 e. The van der Waals surface area contributed by atoms with E-state index in [1.54, 1.807) is 0 Å². The molecule has 102 valence electrons. The molecule has 0 radical (unpaired) electrons. The zero-order valence-corrected chi connectivity index (χ0v) is 12.7. The van der Waals surface area contributed by atoms with Gasteiger partial charge in [0, 0.05) is 25.2 Å². The molecule has 0 bridgehead atoms. The molecule has 1 N–H and O–H groups in total. The summed E-state index contributed by atoms with van der Waals surface area (Å²) in [5.74, 6) is 0.798. The van der Waals surface area contributed by atoms with Gasteiger partial charge in [0.05, 0.1) is 0 Å². The molecule has 0 aromatic rings. The lowest BCUT2D eigenvalue weighted by atomic mass is 9.91. The molecule has 1 saturated heterocycles. The van der Waals surface area contributed by atoms with Crippen LogP contribution in [-0.4, -0.2) is 36.6 Å². The Hall–Kier alpha value is -0.0800. The van der Waals surface area contributed by atoms with Crippen molar-refractivity contribution in [2.24, 2.45) is 11.3 Å². The molecule has 2 nitrogen and oxygen atoms in total. The fraction of sp³-hybridized carbons (Fsp3) is 1.00. The molecule has 0 saturated carbocycles. The maximum Gasteiger partial charge on any atom is 0.0223 e. The average molecular weight is 240 g/mol. The number of hydrogen-bond donors (Lipinski definition) is 1. The molecule has 0 aromatic carbocycles. The van der Waals surface area contributed by atoms with Crippen LogP contribution in [0.2, 0.25) is 0 Å². The highest BCUT2D eigenvalue weighted by molar-refractivity contribution is 4.85. The van der Waals surface area contributed by atoms with Crippen molar-refractivity contribution in [2.75, 3.05) is 19.6 Å². The Kier molecular flexibility index (Phi) is 5.46. The van der Waals surface area contributed by atoms with Crippen LogP contribution < -0.4 is 5.32 Å². The van der Waals surface area contributed by atoms with Crippen molar-refractivity contribution in [2.45, 2.75) is 66.5 Å². The summed E-state index contributed by atoms with van der Waals surface area (Å²) in [5.41, 5.74) is 0.455. The van der Waals surface area contributed by atoms with E-state index in [0.717, 1.165) is 12.0 Å². The molecule has 2 heteroatoms. The zero-order chi connectivity index (χ0) is 13.1. The normalized spacial score (nSPS) is 27.7. The van der Waals surface area contributed by atoms with Crippen LogP contribution in [0.3, 0.4) is 0 Å². The third kappa shape index (κ3) is 5.87. The monoisotopic (exact) mass is 240 g/mol. The second kappa shape index (κ2) is 6.19. The molecule has 0 aliphatic carbocycles. The lowest BCUT2D eigenvalue weighted by Crippen LogP contribution is -2.56. The van der Waals surface area contributed by atoms with E-state index in [2.05, 4.69) is 51.8 Å². The Bertz CT molecular complexity index is 217. The summed E-state index contributed by atoms with van der Waals surface area (Å²) in [6.07, 6.45) is 2.62. The van der Waals surface area contributed by atoms with Gasteiger partial charge in [0.25, 0.3) is 0 Å². The molecule has 1 fully saturated rings. The summed E-state index contributed by atoms with van der Waals surface area (Å²) in [6.45, 7) is 17.6. The second-order valence-electron chi connectivity index (χ2n) is 7.40. The molecular weight excluding hydrogens is 208 g/mol. The van der Waals surface area contributed by atoms with E-state index in [-0.39, 0.29) is 0 Å². The van der Waals surface area contributed by atoms with Crippen molar-refractivity contribution < 1.29 is 0 Å². The highest BCUT2D eigenvalue weighted by Gasteiger charge is 2.27. The van der Waals surface area contributed by atoms with Crippen molar-refractivity contribution in [1.29, 1.82) is 0 Å². The lowest BCUT2D eigenvalue weighted by Gasteiger charge is -2.41. The first-order valence-electron chi connectivity index (χ1n) is 7.25. The van der Waals surface area contributed by atoms with Gasteiger partial charge in [0.2, 0.25) is 0 Å². The first kappa shape index (κ1) is 15.0. The maximum atomic E-state index is 3.62. The number of rotatable bonds is 4. The molecule has 1 aliphatic heterocycles. The van der Waals surface area contributed by atoms with Crippen molar-refractivity contribution in [3.63, 3.8) is 0 Å². The Morgan fingerprint density at radius 2 is 1.94 bits per heavy atom. The van der Waals surface area contributed by atoms with Crippen molar-refractivity contribution in [1.82, 2.24) is 10.2 Å². The summed E-state index contributed by atoms with van der Waals surface area (Å²) in [5, 5.41) is 3.62. The summed E-state index contributed by atoms with van der Waals surface area (Å²) in [4.78, 5) is 2.71. The van der Waals surface area contributed by atoms with Gasteiger partial charge in [0.15, 0.2) is 0 Å². The molecule has 1 rings (SSSR count). The second-order valence-corrected chi connectivity index (χ2v) is 7.40. The van der Waals surface area contributed by atoms with Gasteiger partial charge in [0.1, 0.15) is 0 Å². The molecular formula is C15H32N2. The number of nitrogens with one attached hydrogen (secondary N) is 1. The number of piperazine rings is 1.